The quantitative estimate of drug-likeness (QED) is 0.0911. The van der Waals surface area contributed by atoms with Gasteiger partial charge in [0.05, 0.1) is 17.3 Å². The van der Waals surface area contributed by atoms with Crippen molar-refractivity contribution >= 4 is 67.2 Å². The van der Waals surface area contributed by atoms with E-state index in [9.17, 15) is 9.59 Å². The van der Waals surface area contributed by atoms with E-state index in [1.54, 1.807) is 42.5 Å². The van der Waals surface area contributed by atoms with E-state index >= 15 is 0 Å². The lowest BCUT2D eigenvalue weighted by Gasteiger charge is -2.16. The second kappa shape index (κ2) is 16.1. The van der Waals surface area contributed by atoms with Crippen LogP contribution in [-0.4, -0.2) is 35.8 Å². The van der Waals surface area contributed by atoms with Crippen molar-refractivity contribution in [1.29, 1.82) is 0 Å². The average Bonchev–Trinajstić information content (AvgIpc) is 3.69. The molecule has 2 amide bonds. The van der Waals surface area contributed by atoms with Crippen molar-refractivity contribution in [3.05, 3.63) is 121 Å². The number of aryl methyl sites for hydroxylation is 2. The highest BCUT2D eigenvalue weighted by Gasteiger charge is 2.19. The highest BCUT2D eigenvalue weighted by molar-refractivity contribution is 9.13. The molecular weight excluding hydrogens is 768 g/mol. The van der Waals surface area contributed by atoms with E-state index in [0.717, 1.165) is 17.1 Å². The number of carbonyl (C=O) groups is 2. The number of hydrogen-bond donors (Lipinski definition) is 2. The van der Waals surface area contributed by atoms with Gasteiger partial charge in [0.2, 0.25) is 0 Å². The molecule has 248 valence electrons. The van der Waals surface area contributed by atoms with Gasteiger partial charge in [-0.1, -0.05) is 11.6 Å². The van der Waals surface area contributed by atoms with E-state index in [-0.39, 0.29) is 24.9 Å². The highest BCUT2D eigenvalue weighted by atomic mass is 79.9. The van der Waals surface area contributed by atoms with E-state index in [2.05, 4.69) is 78.3 Å². The molecule has 2 heterocycles. The van der Waals surface area contributed by atoms with Gasteiger partial charge in [-0.25, -0.2) is 5.43 Å². The molecule has 0 atom stereocenters. The zero-order chi connectivity index (χ0) is 34.2. The van der Waals surface area contributed by atoms with Gasteiger partial charge >= 0.3 is 5.91 Å². The molecule has 5 rings (SSSR count). The second-order valence-electron chi connectivity index (χ2n) is 10.4. The van der Waals surface area contributed by atoms with Crippen LogP contribution in [0.1, 0.15) is 40.2 Å². The molecule has 0 aliphatic rings. The van der Waals surface area contributed by atoms with Crippen molar-refractivity contribution < 1.29 is 28.2 Å². The molecule has 2 N–H and O–H groups in total. The molecular formula is C35H31Br2ClN4O6. The van der Waals surface area contributed by atoms with Crippen LogP contribution in [0.25, 0.3) is 5.69 Å². The summed E-state index contributed by atoms with van der Waals surface area (Å²) in [6.07, 6.45) is 1.44. The van der Waals surface area contributed by atoms with Crippen LogP contribution in [0, 0.1) is 13.8 Å². The molecule has 0 aliphatic heterocycles. The molecule has 13 heteroatoms. The first-order valence-corrected chi connectivity index (χ1v) is 16.7. The number of aromatic nitrogens is 1. The predicted molar refractivity (Wildman–Crippen MR) is 192 cm³/mol. The second-order valence-corrected chi connectivity index (χ2v) is 12.4. The lowest BCUT2D eigenvalue weighted by molar-refractivity contribution is -0.118. The van der Waals surface area contributed by atoms with Gasteiger partial charge in [0.25, 0.3) is 5.91 Å². The SMILES string of the molecule is CCOc1cc(/C=N/NC(=O)c2ccc(COc3ccc(-n4c(C)ccc4C)cc3)o2)c(Br)c(Br)c1OCC(=O)Nc1ccc(Cl)cc1. The molecule has 0 fully saturated rings. The smallest absolute Gasteiger partial charge is 0.307 e. The first-order chi connectivity index (χ1) is 23.1. The number of hydrazone groups is 1. The molecule has 5 aromatic rings. The van der Waals surface area contributed by atoms with Crippen molar-refractivity contribution in [2.24, 2.45) is 5.10 Å². The molecule has 0 aliphatic carbocycles. The zero-order valence-corrected chi connectivity index (χ0v) is 30.1. The molecule has 0 spiro atoms. The Morgan fingerprint density at radius 1 is 0.917 bits per heavy atom. The number of halogens is 3. The zero-order valence-electron chi connectivity index (χ0n) is 26.2. The summed E-state index contributed by atoms with van der Waals surface area (Å²) >= 11 is 12.9. The fraction of sp³-hybridized carbons (Fsp3) is 0.171. The number of benzene rings is 3. The van der Waals surface area contributed by atoms with E-state index in [0.29, 0.717) is 54.8 Å². The van der Waals surface area contributed by atoms with Crippen LogP contribution >= 0.6 is 43.5 Å². The van der Waals surface area contributed by atoms with Crippen LogP contribution in [0.5, 0.6) is 17.2 Å². The van der Waals surface area contributed by atoms with Crippen LogP contribution in [-0.2, 0) is 11.4 Å². The normalized spacial score (nSPS) is 11.0. The van der Waals surface area contributed by atoms with Gasteiger partial charge in [-0.3, -0.25) is 9.59 Å². The molecule has 3 aromatic carbocycles. The average molecular weight is 799 g/mol. The molecule has 48 heavy (non-hydrogen) atoms. The lowest BCUT2D eigenvalue weighted by atomic mass is 10.2. The first-order valence-electron chi connectivity index (χ1n) is 14.8. The van der Waals surface area contributed by atoms with Crippen molar-refractivity contribution in [3.8, 4) is 22.9 Å². The topological polar surface area (TPSA) is 116 Å². The monoisotopic (exact) mass is 796 g/mol. The number of furan rings is 1. The van der Waals surface area contributed by atoms with Gasteiger partial charge in [-0.2, -0.15) is 5.10 Å². The van der Waals surface area contributed by atoms with Gasteiger partial charge < -0.3 is 28.5 Å². The lowest BCUT2D eigenvalue weighted by Crippen LogP contribution is -2.20. The number of amides is 2. The Labute approximate surface area is 299 Å². The largest absolute Gasteiger partial charge is 0.490 e. The summed E-state index contributed by atoms with van der Waals surface area (Å²) in [6, 6.07) is 23.6. The third kappa shape index (κ3) is 8.68. The van der Waals surface area contributed by atoms with Crippen LogP contribution in [0.4, 0.5) is 5.69 Å². The van der Waals surface area contributed by atoms with E-state index in [1.165, 1.54) is 6.21 Å². The Morgan fingerprint density at radius 3 is 2.31 bits per heavy atom. The fourth-order valence-corrected chi connectivity index (χ4v) is 5.74. The van der Waals surface area contributed by atoms with Crippen LogP contribution in [0.2, 0.25) is 5.02 Å². The number of nitrogens with one attached hydrogen (secondary N) is 2. The molecule has 10 nitrogen and oxygen atoms in total. The van der Waals surface area contributed by atoms with Gasteiger partial charge in [0.15, 0.2) is 23.9 Å². The third-order valence-corrected chi connectivity index (χ3v) is 9.33. The summed E-state index contributed by atoms with van der Waals surface area (Å²) in [5.41, 5.74) is 6.98. The predicted octanol–water partition coefficient (Wildman–Crippen LogP) is 8.62. The van der Waals surface area contributed by atoms with Gasteiger partial charge in [-0.05, 0) is 131 Å². The van der Waals surface area contributed by atoms with E-state index < -0.39 is 5.91 Å². The van der Waals surface area contributed by atoms with Gasteiger partial charge in [-0.15, -0.1) is 0 Å². The Morgan fingerprint density at radius 2 is 1.62 bits per heavy atom. The van der Waals surface area contributed by atoms with Gasteiger partial charge in [0.1, 0.15) is 18.1 Å². The first kappa shape index (κ1) is 34.8. The number of anilines is 1. The number of rotatable bonds is 13. The fourth-order valence-electron chi connectivity index (χ4n) is 4.68. The van der Waals surface area contributed by atoms with Crippen molar-refractivity contribution in [2.45, 2.75) is 27.4 Å². The minimum atomic E-state index is -0.536. The standard InChI is InChI=1S/C35H31Br2ClN4O6/c1-4-45-30-17-23(32(36)33(37)34(30)47-20-31(43)40-25-9-7-24(38)8-10-25)18-39-41-35(44)29-16-15-28(48-29)19-46-27-13-11-26(12-14-27)42-21(2)5-6-22(42)3/h5-18H,4,19-20H2,1-3H3,(H,40,43)(H,41,44)/b39-18+. The summed E-state index contributed by atoms with van der Waals surface area (Å²) in [5.74, 6) is 1.03. The maximum Gasteiger partial charge on any atom is 0.307 e. The van der Waals surface area contributed by atoms with Gasteiger partial charge in [0, 0.05) is 37.8 Å². The Kier molecular flexibility index (Phi) is 11.6. The van der Waals surface area contributed by atoms with Crippen molar-refractivity contribution in [1.82, 2.24) is 9.99 Å². The highest BCUT2D eigenvalue weighted by Crippen LogP contribution is 2.42. The maximum absolute atomic E-state index is 12.7. The summed E-state index contributed by atoms with van der Waals surface area (Å²) < 4.78 is 26.4. The number of hydrogen-bond acceptors (Lipinski definition) is 7. The molecule has 0 bridgehead atoms. The molecule has 0 saturated carbocycles. The minimum absolute atomic E-state index is 0.0792. The Bertz CT molecular complexity index is 1920. The number of ether oxygens (including phenoxy) is 3. The van der Waals surface area contributed by atoms with E-state index in [4.69, 9.17) is 30.2 Å². The number of nitrogens with zero attached hydrogens (tertiary/aromatic N) is 2. The van der Waals surface area contributed by atoms with Crippen LogP contribution in [0.3, 0.4) is 0 Å². The summed E-state index contributed by atoms with van der Waals surface area (Å²) in [4.78, 5) is 25.2. The molecule has 2 aromatic heterocycles. The summed E-state index contributed by atoms with van der Waals surface area (Å²) in [7, 11) is 0. The maximum atomic E-state index is 12.7. The van der Waals surface area contributed by atoms with Crippen molar-refractivity contribution in [2.75, 3.05) is 18.5 Å². The Hall–Kier alpha value is -4.52. The summed E-state index contributed by atoms with van der Waals surface area (Å²) in [5, 5.41) is 7.40. The van der Waals surface area contributed by atoms with Crippen LogP contribution in [0.15, 0.2) is 97.3 Å². The van der Waals surface area contributed by atoms with Crippen LogP contribution < -0.4 is 25.0 Å². The van der Waals surface area contributed by atoms with Crippen molar-refractivity contribution in [3.63, 3.8) is 0 Å². The third-order valence-electron chi connectivity index (χ3n) is 6.93. The number of carbonyl (C=O) groups excluding carboxylic acids is 2. The minimum Gasteiger partial charge on any atom is -0.490 e. The Balaban J connectivity index is 1.16. The molecule has 0 saturated heterocycles. The van der Waals surface area contributed by atoms with E-state index in [1.807, 2.05) is 31.2 Å². The molecule has 0 radical (unpaired) electrons. The summed E-state index contributed by atoms with van der Waals surface area (Å²) in [6.45, 7) is 6.17. The molecule has 0 unspecified atom stereocenters.